The second kappa shape index (κ2) is 6.99. The highest BCUT2D eigenvalue weighted by molar-refractivity contribution is 5.69. The molecular weight excluding hydrogens is 235 g/mol. The van der Waals surface area contributed by atoms with E-state index in [1.54, 1.807) is 19.1 Å². The summed E-state index contributed by atoms with van der Waals surface area (Å²) in [5.74, 6) is 0.114. The molecule has 1 aromatic carbocycles. The molecule has 0 bridgehead atoms. The molecule has 100 valence electrons. The summed E-state index contributed by atoms with van der Waals surface area (Å²) >= 11 is 0. The van der Waals surface area contributed by atoms with Gasteiger partial charge in [0.15, 0.2) is 0 Å². The smallest absolute Gasteiger partial charge is 0.306 e. The van der Waals surface area contributed by atoms with Gasteiger partial charge < -0.3 is 9.47 Å². The molecule has 0 aromatic heterocycles. The summed E-state index contributed by atoms with van der Waals surface area (Å²) in [4.78, 5) is 11.3. The molecule has 18 heavy (non-hydrogen) atoms. The van der Waals surface area contributed by atoms with Crippen LogP contribution in [0.15, 0.2) is 24.3 Å². The molecule has 0 unspecified atom stereocenters. The summed E-state index contributed by atoms with van der Waals surface area (Å²) in [5, 5.41) is 0. The van der Waals surface area contributed by atoms with Crippen LogP contribution in [0.3, 0.4) is 0 Å². The van der Waals surface area contributed by atoms with Crippen molar-refractivity contribution in [3.05, 3.63) is 30.1 Å². The molecule has 0 radical (unpaired) electrons. The average molecular weight is 254 g/mol. The number of rotatable bonds is 6. The molecule has 0 saturated carbocycles. The fourth-order valence-electron chi connectivity index (χ4n) is 1.49. The lowest BCUT2D eigenvalue weighted by Gasteiger charge is -2.20. The average Bonchev–Trinajstić information content (AvgIpc) is 2.32. The van der Waals surface area contributed by atoms with Crippen LogP contribution in [0.25, 0.3) is 0 Å². The fourth-order valence-corrected chi connectivity index (χ4v) is 1.49. The number of halogens is 1. The molecule has 3 nitrogen and oxygen atoms in total. The largest absolute Gasteiger partial charge is 0.490 e. The second-order valence-corrected chi connectivity index (χ2v) is 4.26. The molecule has 2 atom stereocenters. The molecule has 0 aliphatic rings. The van der Waals surface area contributed by atoms with Crippen LogP contribution in [0.5, 0.6) is 5.75 Å². The van der Waals surface area contributed by atoms with Crippen LogP contribution < -0.4 is 4.74 Å². The number of hydrogen-bond acceptors (Lipinski definition) is 3. The van der Waals surface area contributed by atoms with Gasteiger partial charge in [-0.1, -0.05) is 6.92 Å². The standard InChI is InChI=1S/C14H19FO3/c1-4-17-14(16)9-10(2)11(3)18-13-7-5-12(15)6-8-13/h5-8,10-11H,4,9H2,1-3H3/t10-,11+/m0/s1. The highest BCUT2D eigenvalue weighted by atomic mass is 19.1. The predicted molar refractivity (Wildman–Crippen MR) is 66.9 cm³/mol. The first-order chi connectivity index (χ1) is 8.52. The Kier molecular flexibility index (Phi) is 5.62. The van der Waals surface area contributed by atoms with E-state index in [4.69, 9.17) is 9.47 Å². The summed E-state index contributed by atoms with van der Waals surface area (Å²) in [6, 6.07) is 5.84. The van der Waals surface area contributed by atoms with E-state index < -0.39 is 0 Å². The van der Waals surface area contributed by atoms with Gasteiger partial charge in [0.2, 0.25) is 0 Å². The molecule has 0 fully saturated rings. The van der Waals surface area contributed by atoms with Crippen molar-refractivity contribution < 1.29 is 18.7 Å². The Hall–Kier alpha value is -1.58. The molecule has 0 aliphatic carbocycles. The predicted octanol–water partition coefficient (Wildman–Crippen LogP) is 3.18. The molecule has 1 aromatic rings. The van der Waals surface area contributed by atoms with Crippen LogP contribution in [-0.2, 0) is 9.53 Å². The summed E-state index contributed by atoms with van der Waals surface area (Å²) in [7, 11) is 0. The van der Waals surface area contributed by atoms with Crippen LogP contribution in [0.4, 0.5) is 4.39 Å². The third-order valence-corrected chi connectivity index (χ3v) is 2.73. The lowest BCUT2D eigenvalue weighted by Crippen LogP contribution is -2.24. The Morgan fingerprint density at radius 2 is 1.89 bits per heavy atom. The van der Waals surface area contributed by atoms with Crippen LogP contribution in [-0.4, -0.2) is 18.7 Å². The van der Waals surface area contributed by atoms with Crippen molar-refractivity contribution >= 4 is 5.97 Å². The van der Waals surface area contributed by atoms with E-state index >= 15 is 0 Å². The number of hydrogen-bond donors (Lipinski definition) is 0. The molecule has 0 saturated heterocycles. The molecule has 0 aliphatic heterocycles. The van der Waals surface area contributed by atoms with Gasteiger partial charge in [-0.2, -0.15) is 0 Å². The van der Waals surface area contributed by atoms with Gasteiger partial charge in [0, 0.05) is 5.92 Å². The Morgan fingerprint density at radius 1 is 1.28 bits per heavy atom. The maximum absolute atomic E-state index is 12.7. The van der Waals surface area contributed by atoms with Gasteiger partial charge in [-0.25, -0.2) is 4.39 Å². The molecular formula is C14H19FO3. The lowest BCUT2D eigenvalue weighted by atomic mass is 10.0. The van der Waals surface area contributed by atoms with Gasteiger partial charge >= 0.3 is 5.97 Å². The number of esters is 1. The van der Waals surface area contributed by atoms with Crippen LogP contribution in [0.2, 0.25) is 0 Å². The van der Waals surface area contributed by atoms with Crippen LogP contribution in [0.1, 0.15) is 27.2 Å². The minimum atomic E-state index is -0.297. The zero-order valence-electron chi connectivity index (χ0n) is 11.0. The molecule has 0 heterocycles. The topological polar surface area (TPSA) is 35.5 Å². The third-order valence-electron chi connectivity index (χ3n) is 2.73. The highest BCUT2D eigenvalue weighted by Gasteiger charge is 2.18. The number of benzene rings is 1. The second-order valence-electron chi connectivity index (χ2n) is 4.26. The van der Waals surface area contributed by atoms with Crippen molar-refractivity contribution in [1.82, 2.24) is 0 Å². The Labute approximate surface area is 107 Å². The van der Waals surface area contributed by atoms with Crippen molar-refractivity contribution in [2.75, 3.05) is 6.61 Å². The maximum Gasteiger partial charge on any atom is 0.306 e. The summed E-state index contributed by atoms with van der Waals surface area (Å²) in [6.07, 6.45) is 0.177. The zero-order valence-corrected chi connectivity index (χ0v) is 11.0. The minimum Gasteiger partial charge on any atom is -0.490 e. The van der Waals surface area contributed by atoms with E-state index in [9.17, 15) is 9.18 Å². The molecule has 4 heteroatoms. The monoisotopic (exact) mass is 254 g/mol. The Bertz CT molecular complexity index is 375. The quantitative estimate of drug-likeness (QED) is 0.731. The van der Waals surface area contributed by atoms with E-state index in [-0.39, 0.29) is 23.8 Å². The number of carbonyl (C=O) groups is 1. The summed E-state index contributed by atoms with van der Waals surface area (Å²) in [6.45, 7) is 5.97. The van der Waals surface area contributed by atoms with Gasteiger partial charge in [0.1, 0.15) is 11.6 Å². The normalized spacial score (nSPS) is 13.8. The summed E-state index contributed by atoms with van der Waals surface area (Å²) < 4.78 is 23.2. The fraction of sp³-hybridized carbons (Fsp3) is 0.500. The number of ether oxygens (including phenoxy) is 2. The van der Waals surface area contributed by atoms with E-state index in [0.717, 1.165) is 0 Å². The minimum absolute atomic E-state index is 0.0362. The van der Waals surface area contributed by atoms with Crippen molar-refractivity contribution in [2.45, 2.75) is 33.3 Å². The van der Waals surface area contributed by atoms with Gasteiger partial charge in [0.25, 0.3) is 0 Å². The Balaban J connectivity index is 2.46. The Morgan fingerprint density at radius 3 is 2.44 bits per heavy atom. The van der Waals surface area contributed by atoms with Crippen molar-refractivity contribution in [2.24, 2.45) is 5.92 Å². The van der Waals surface area contributed by atoms with E-state index in [0.29, 0.717) is 18.8 Å². The SMILES string of the molecule is CCOC(=O)C[C@H](C)[C@@H](C)Oc1ccc(F)cc1. The molecule has 0 spiro atoms. The first kappa shape index (κ1) is 14.5. The van der Waals surface area contributed by atoms with Gasteiger partial charge in [0.05, 0.1) is 19.1 Å². The van der Waals surface area contributed by atoms with E-state index in [1.807, 2.05) is 13.8 Å². The van der Waals surface area contributed by atoms with E-state index in [1.165, 1.54) is 12.1 Å². The lowest BCUT2D eigenvalue weighted by molar-refractivity contribution is -0.144. The third kappa shape index (κ3) is 4.73. The molecule has 1 rings (SSSR count). The summed E-state index contributed by atoms with van der Waals surface area (Å²) in [5.41, 5.74) is 0. The van der Waals surface area contributed by atoms with Crippen molar-refractivity contribution in [1.29, 1.82) is 0 Å². The van der Waals surface area contributed by atoms with Gasteiger partial charge in [-0.05, 0) is 38.1 Å². The number of carbonyl (C=O) groups excluding carboxylic acids is 1. The van der Waals surface area contributed by atoms with Crippen LogP contribution in [0, 0.1) is 11.7 Å². The first-order valence-corrected chi connectivity index (χ1v) is 6.10. The maximum atomic E-state index is 12.7. The highest BCUT2D eigenvalue weighted by Crippen LogP contribution is 2.18. The van der Waals surface area contributed by atoms with Crippen LogP contribution >= 0.6 is 0 Å². The van der Waals surface area contributed by atoms with Gasteiger partial charge in [-0.15, -0.1) is 0 Å². The zero-order chi connectivity index (χ0) is 13.5. The first-order valence-electron chi connectivity index (χ1n) is 6.10. The molecule has 0 N–H and O–H groups in total. The van der Waals surface area contributed by atoms with Crippen molar-refractivity contribution in [3.63, 3.8) is 0 Å². The molecule has 0 amide bonds. The van der Waals surface area contributed by atoms with Crippen molar-refractivity contribution in [3.8, 4) is 5.75 Å². The van der Waals surface area contributed by atoms with E-state index in [2.05, 4.69) is 0 Å². The van der Waals surface area contributed by atoms with Gasteiger partial charge in [-0.3, -0.25) is 4.79 Å².